The van der Waals surface area contributed by atoms with E-state index in [1.807, 2.05) is 38.1 Å². The van der Waals surface area contributed by atoms with Crippen LogP contribution in [0.4, 0.5) is 0 Å². The molecule has 1 heterocycles. The molecule has 3 heteroatoms. The second-order valence-electron chi connectivity index (χ2n) is 9.53. The van der Waals surface area contributed by atoms with E-state index < -0.39 is 0 Å². The average Bonchev–Trinajstić information content (AvgIpc) is 2.89. The number of ether oxygens (including phenoxy) is 1. The van der Waals surface area contributed by atoms with Crippen LogP contribution in [-0.2, 0) is 11.2 Å². The van der Waals surface area contributed by atoms with Gasteiger partial charge < -0.3 is 9.64 Å². The molecule has 0 radical (unpaired) electrons. The van der Waals surface area contributed by atoms with Crippen molar-refractivity contribution < 1.29 is 6.16 Å². The van der Waals surface area contributed by atoms with Crippen LogP contribution in [0.15, 0.2) is 74.0 Å². The minimum Gasteiger partial charge on any atom is -0.383 e. The fourth-order valence-electron chi connectivity index (χ4n) is 3.91. The molecule has 0 saturated heterocycles. The molecule has 0 saturated carbocycles. The Kier molecular flexibility index (Phi) is 16.7. The topological polar surface area (TPSA) is 25.4 Å². The number of rotatable bonds is 15. The maximum atomic E-state index is 5.60. The van der Waals surface area contributed by atoms with Crippen molar-refractivity contribution in [1.82, 2.24) is 9.88 Å². The predicted octanol–water partition coefficient (Wildman–Crippen LogP) is 9.62. The van der Waals surface area contributed by atoms with Crippen molar-refractivity contribution in [2.75, 3.05) is 27.3 Å². The smallest absolute Gasteiger partial charge is 0.0705 e. The molecule has 0 amide bonds. The van der Waals surface area contributed by atoms with E-state index in [0.29, 0.717) is 0 Å². The van der Waals surface area contributed by atoms with Crippen molar-refractivity contribution in [2.45, 2.75) is 72.6 Å². The number of allylic oxidation sites excluding steroid dienone is 5. The molecule has 0 aliphatic carbocycles. The third kappa shape index (κ3) is 12.3. The highest BCUT2D eigenvalue weighted by Gasteiger charge is 2.10. The molecule has 0 bridgehead atoms. The van der Waals surface area contributed by atoms with Crippen LogP contribution in [0.1, 0.15) is 84.5 Å². The molecular weight excluding hydrogens is 452 g/mol. The predicted molar refractivity (Wildman–Crippen MR) is 167 cm³/mol. The lowest BCUT2D eigenvalue weighted by molar-refractivity contribution is 0.130. The van der Waals surface area contributed by atoms with E-state index in [2.05, 4.69) is 82.6 Å². The van der Waals surface area contributed by atoms with Crippen LogP contribution < -0.4 is 0 Å². The number of hydrogen-bond acceptors (Lipinski definition) is 3. The van der Waals surface area contributed by atoms with Crippen LogP contribution in [-0.4, -0.2) is 37.2 Å². The van der Waals surface area contributed by atoms with E-state index in [1.165, 1.54) is 19.3 Å². The molecule has 0 aliphatic heterocycles. The van der Waals surface area contributed by atoms with Crippen LogP contribution in [0.3, 0.4) is 0 Å². The highest BCUT2D eigenvalue weighted by molar-refractivity contribution is 5.78. The van der Waals surface area contributed by atoms with Gasteiger partial charge in [-0.05, 0) is 61.4 Å². The molecule has 0 atom stereocenters. The Bertz CT molecular complexity index is 1010. The lowest BCUT2D eigenvalue weighted by Gasteiger charge is -2.13. The number of benzene rings is 1. The van der Waals surface area contributed by atoms with Gasteiger partial charge in [0.25, 0.3) is 0 Å². The molecule has 1 aromatic heterocycles. The SMILES string of the molecule is C=C/C(=C\N(C)C)c1cccc(-c2ccc(C(=C)/C=C\C)c(CCCCCCOCCC)n2)c1.CCC.[HH]. The Labute approximate surface area is 229 Å². The zero-order valence-electron chi connectivity index (χ0n) is 24.4. The summed E-state index contributed by atoms with van der Waals surface area (Å²) in [6.45, 7) is 18.4. The van der Waals surface area contributed by atoms with E-state index in [9.17, 15) is 0 Å². The highest BCUT2D eigenvalue weighted by atomic mass is 16.5. The summed E-state index contributed by atoms with van der Waals surface area (Å²) in [6.07, 6.45) is 16.0. The first-order valence-electron chi connectivity index (χ1n) is 13.9. The fraction of sp³-hybridized carbons (Fsp3) is 0.441. The number of unbranched alkanes of at least 4 members (excludes halogenated alkanes) is 3. The van der Waals surface area contributed by atoms with Gasteiger partial charge in [-0.3, -0.25) is 4.98 Å². The Morgan fingerprint density at radius 1 is 1.03 bits per heavy atom. The van der Waals surface area contributed by atoms with Gasteiger partial charge >= 0.3 is 0 Å². The van der Waals surface area contributed by atoms with Crippen LogP contribution >= 0.6 is 0 Å². The van der Waals surface area contributed by atoms with Gasteiger partial charge in [-0.25, -0.2) is 0 Å². The molecule has 0 spiro atoms. The van der Waals surface area contributed by atoms with Crippen molar-refractivity contribution in [2.24, 2.45) is 0 Å². The van der Waals surface area contributed by atoms with Gasteiger partial charge in [0.2, 0.25) is 0 Å². The highest BCUT2D eigenvalue weighted by Crippen LogP contribution is 2.27. The second-order valence-corrected chi connectivity index (χ2v) is 9.53. The number of aromatic nitrogens is 1. The van der Waals surface area contributed by atoms with Crippen molar-refractivity contribution in [1.29, 1.82) is 0 Å². The molecular formula is C34H52N2O. The second kappa shape index (κ2) is 19.2. The number of nitrogens with zero attached hydrogens (tertiary/aromatic N) is 2. The van der Waals surface area contributed by atoms with Gasteiger partial charge in [-0.15, -0.1) is 0 Å². The molecule has 2 aromatic rings. The monoisotopic (exact) mass is 504 g/mol. The number of pyridine rings is 1. The standard InChI is InChI=1S/C31H42N2O.C3H8.H2/c1-7-15-25(4)29-19-20-30(32-31(29)18-12-10-11-13-22-34-21-8-2)28-17-14-16-27(23-28)26(9-3)24-33(5)6;1-3-2;/h7,9,14-17,19-20,23-24H,3-4,8,10-13,18,21-22H2,1-2,5-6H3;3H2,1-2H3;1H/b15-7-,26-24+;;. The summed E-state index contributed by atoms with van der Waals surface area (Å²) in [7, 11) is 4.05. The quantitative estimate of drug-likeness (QED) is 0.178. The first-order chi connectivity index (χ1) is 17.9. The van der Waals surface area contributed by atoms with Gasteiger partial charge in [0, 0.05) is 51.8 Å². The Hall–Kier alpha value is -2.91. The van der Waals surface area contributed by atoms with Crippen molar-refractivity contribution in [3.8, 4) is 11.3 Å². The zero-order valence-corrected chi connectivity index (χ0v) is 24.4. The van der Waals surface area contributed by atoms with Gasteiger partial charge in [0.05, 0.1) is 5.69 Å². The minimum atomic E-state index is 0. The van der Waals surface area contributed by atoms with Gasteiger partial charge in [0.1, 0.15) is 0 Å². The zero-order chi connectivity index (χ0) is 27.5. The number of hydrogen-bond donors (Lipinski definition) is 0. The third-order valence-electron chi connectivity index (χ3n) is 5.60. The van der Waals surface area contributed by atoms with Gasteiger partial charge in [-0.1, -0.05) is 95.7 Å². The lowest BCUT2D eigenvalue weighted by atomic mass is 9.98. The van der Waals surface area contributed by atoms with E-state index in [-0.39, 0.29) is 1.43 Å². The van der Waals surface area contributed by atoms with E-state index in [0.717, 1.165) is 78.1 Å². The van der Waals surface area contributed by atoms with Crippen molar-refractivity contribution >= 4 is 11.1 Å². The molecule has 37 heavy (non-hydrogen) atoms. The van der Waals surface area contributed by atoms with Crippen LogP contribution in [0.2, 0.25) is 0 Å². The molecule has 3 nitrogen and oxygen atoms in total. The molecule has 0 fully saturated rings. The summed E-state index contributed by atoms with van der Waals surface area (Å²) >= 11 is 0. The normalized spacial score (nSPS) is 11.2. The van der Waals surface area contributed by atoms with Gasteiger partial charge in [0.15, 0.2) is 0 Å². The largest absolute Gasteiger partial charge is 0.383 e. The Morgan fingerprint density at radius 3 is 2.41 bits per heavy atom. The summed E-state index contributed by atoms with van der Waals surface area (Å²) in [6, 6.07) is 12.8. The van der Waals surface area contributed by atoms with Crippen molar-refractivity contribution in [3.63, 3.8) is 0 Å². The first-order valence-corrected chi connectivity index (χ1v) is 13.9. The molecule has 2 rings (SSSR count). The Morgan fingerprint density at radius 2 is 1.76 bits per heavy atom. The summed E-state index contributed by atoms with van der Waals surface area (Å²) in [5.74, 6) is 0. The van der Waals surface area contributed by atoms with Crippen molar-refractivity contribution in [3.05, 3.63) is 90.8 Å². The maximum absolute atomic E-state index is 5.60. The molecule has 0 unspecified atom stereocenters. The fourth-order valence-corrected chi connectivity index (χ4v) is 3.91. The first kappa shape index (κ1) is 32.1. The summed E-state index contributed by atoms with van der Waals surface area (Å²) < 4.78 is 5.60. The average molecular weight is 505 g/mol. The van der Waals surface area contributed by atoms with Crippen LogP contribution in [0.5, 0.6) is 0 Å². The van der Waals surface area contributed by atoms with E-state index >= 15 is 0 Å². The van der Waals surface area contributed by atoms with Crippen LogP contribution in [0, 0.1) is 0 Å². The number of aryl methyl sites for hydroxylation is 1. The summed E-state index contributed by atoms with van der Waals surface area (Å²) in [5.41, 5.74) is 7.62. The van der Waals surface area contributed by atoms with E-state index in [4.69, 9.17) is 9.72 Å². The third-order valence-corrected chi connectivity index (χ3v) is 5.60. The van der Waals surface area contributed by atoms with Gasteiger partial charge in [-0.2, -0.15) is 0 Å². The van der Waals surface area contributed by atoms with Crippen LogP contribution in [0.25, 0.3) is 22.4 Å². The molecule has 1 aromatic carbocycles. The molecule has 204 valence electrons. The Balaban J connectivity index is 0.00000326. The summed E-state index contributed by atoms with van der Waals surface area (Å²) in [5, 5.41) is 0. The molecule has 0 aliphatic rings. The minimum absolute atomic E-state index is 0. The molecule has 0 N–H and O–H groups in total. The maximum Gasteiger partial charge on any atom is 0.0705 e. The summed E-state index contributed by atoms with van der Waals surface area (Å²) in [4.78, 5) is 7.16. The lowest BCUT2D eigenvalue weighted by Crippen LogP contribution is -2.02. The van der Waals surface area contributed by atoms with E-state index in [1.54, 1.807) is 0 Å².